The molecule has 2 heterocycles. The fraction of sp³-hybridized carbons (Fsp3) is 0.217. The molecule has 2 aromatic carbocycles. The van der Waals surface area contributed by atoms with Gasteiger partial charge in [0.15, 0.2) is 5.65 Å². The predicted octanol–water partition coefficient (Wildman–Crippen LogP) is 3.04. The molecule has 0 aliphatic carbocycles. The number of ether oxygens (including phenoxy) is 1. The van der Waals surface area contributed by atoms with Crippen LogP contribution in [-0.4, -0.2) is 38.9 Å². The Balaban J connectivity index is 1.46. The minimum absolute atomic E-state index is 0.158. The lowest BCUT2D eigenvalue weighted by Crippen LogP contribution is -2.28. The molecule has 2 aromatic heterocycles. The van der Waals surface area contributed by atoms with Gasteiger partial charge in [0, 0.05) is 11.6 Å². The molecule has 32 heavy (non-hydrogen) atoms. The van der Waals surface area contributed by atoms with E-state index in [0.717, 1.165) is 11.1 Å². The largest absolute Gasteiger partial charge is 0.496 e. The third-order valence-corrected chi connectivity index (χ3v) is 5.35. The monoisotopic (exact) mass is 451 g/mol. The van der Waals surface area contributed by atoms with Crippen molar-refractivity contribution >= 4 is 28.5 Å². The van der Waals surface area contributed by atoms with Crippen molar-refractivity contribution < 1.29 is 9.53 Å². The maximum Gasteiger partial charge on any atom is 0.264 e. The van der Waals surface area contributed by atoms with Gasteiger partial charge in [0.2, 0.25) is 0 Å². The molecule has 9 heteroatoms. The van der Waals surface area contributed by atoms with Crippen molar-refractivity contribution in [1.29, 1.82) is 0 Å². The van der Waals surface area contributed by atoms with E-state index in [0.29, 0.717) is 47.0 Å². The molecule has 0 bridgehead atoms. The molecule has 0 unspecified atom stereocenters. The maximum absolute atomic E-state index is 12.9. The van der Waals surface area contributed by atoms with E-state index in [9.17, 15) is 9.59 Å². The highest BCUT2D eigenvalue weighted by Gasteiger charge is 2.14. The smallest absolute Gasteiger partial charge is 0.264 e. The van der Waals surface area contributed by atoms with Crippen molar-refractivity contribution in [3.05, 3.63) is 87.1 Å². The lowest BCUT2D eigenvalue weighted by atomic mass is 10.1. The van der Waals surface area contributed by atoms with Gasteiger partial charge in [0.05, 0.1) is 32.0 Å². The molecule has 4 aromatic rings. The molecule has 4 rings (SSSR count). The van der Waals surface area contributed by atoms with Crippen LogP contribution in [0.25, 0.3) is 11.0 Å². The Kier molecular flexibility index (Phi) is 6.23. The first kappa shape index (κ1) is 21.6. The van der Waals surface area contributed by atoms with Crippen LogP contribution in [0.15, 0.2) is 59.8 Å². The predicted molar refractivity (Wildman–Crippen MR) is 122 cm³/mol. The zero-order valence-corrected chi connectivity index (χ0v) is 18.5. The lowest BCUT2D eigenvalue weighted by molar-refractivity contribution is 0.0949. The number of carbonyl (C=O) groups excluding carboxylic acids is 1. The Labute approximate surface area is 189 Å². The van der Waals surface area contributed by atoms with Crippen molar-refractivity contribution in [1.82, 2.24) is 24.6 Å². The molecule has 0 saturated carbocycles. The van der Waals surface area contributed by atoms with E-state index >= 15 is 0 Å². The third-order valence-electron chi connectivity index (χ3n) is 5.11. The van der Waals surface area contributed by atoms with Gasteiger partial charge >= 0.3 is 0 Å². The van der Waals surface area contributed by atoms with Crippen LogP contribution in [0, 0.1) is 6.92 Å². The molecule has 8 nitrogen and oxygen atoms in total. The van der Waals surface area contributed by atoms with Gasteiger partial charge in [-0.1, -0.05) is 41.4 Å². The standard InChI is InChI=1S/C23H22ClN5O3/c1-15-3-5-16(6-4-15)13-28-14-26-21-19(23(28)31)12-27-29(21)10-9-25-22(30)18-11-17(24)7-8-20(18)32-2/h3-8,11-12,14H,9-10,13H2,1-2H3,(H,25,30). The van der Waals surface area contributed by atoms with E-state index in [1.165, 1.54) is 19.6 Å². The molecule has 1 N–H and O–H groups in total. The molecular weight excluding hydrogens is 430 g/mol. The van der Waals surface area contributed by atoms with Crippen molar-refractivity contribution in [3.8, 4) is 5.75 Å². The summed E-state index contributed by atoms with van der Waals surface area (Å²) in [6.45, 7) is 3.10. The van der Waals surface area contributed by atoms with Crippen LogP contribution in [0.2, 0.25) is 5.02 Å². The summed E-state index contributed by atoms with van der Waals surface area (Å²) in [6, 6.07) is 12.9. The number of aromatic nitrogens is 4. The Bertz CT molecular complexity index is 1330. The number of amides is 1. The summed E-state index contributed by atoms with van der Waals surface area (Å²) in [6.07, 6.45) is 3.04. The highest BCUT2D eigenvalue weighted by atomic mass is 35.5. The number of hydrogen-bond donors (Lipinski definition) is 1. The molecule has 0 aliphatic heterocycles. The van der Waals surface area contributed by atoms with Crippen molar-refractivity contribution in [2.75, 3.05) is 13.7 Å². The number of hydrogen-bond acceptors (Lipinski definition) is 5. The minimum Gasteiger partial charge on any atom is -0.496 e. The molecule has 164 valence electrons. The third kappa shape index (κ3) is 4.50. The lowest BCUT2D eigenvalue weighted by Gasteiger charge is -2.10. The SMILES string of the molecule is COc1ccc(Cl)cc1C(=O)NCCn1ncc2c(=O)n(Cc3ccc(C)cc3)cnc21. The normalized spacial score (nSPS) is 11.0. The van der Waals surface area contributed by atoms with E-state index in [2.05, 4.69) is 15.4 Å². The molecule has 0 radical (unpaired) electrons. The van der Waals surface area contributed by atoms with Crippen LogP contribution < -0.4 is 15.6 Å². The van der Waals surface area contributed by atoms with E-state index in [4.69, 9.17) is 16.3 Å². The summed E-state index contributed by atoms with van der Waals surface area (Å²) < 4.78 is 8.38. The first-order valence-corrected chi connectivity index (χ1v) is 10.4. The Morgan fingerprint density at radius 3 is 2.72 bits per heavy atom. The summed E-state index contributed by atoms with van der Waals surface area (Å²) >= 11 is 5.99. The number of fused-ring (bicyclic) bond motifs is 1. The number of methoxy groups -OCH3 is 1. The second-order valence-corrected chi connectivity index (χ2v) is 7.81. The maximum atomic E-state index is 12.9. The second-order valence-electron chi connectivity index (χ2n) is 7.37. The van der Waals surface area contributed by atoms with E-state index < -0.39 is 0 Å². The van der Waals surface area contributed by atoms with Gasteiger partial charge in [-0.25, -0.2) is 9.67 Å². The molecule has 1 amide bonds. The second kappa shape index (κ2) is 9.23. The van der Waals surface area contributed by atoms with Gasteiger partial charge in [0.1, 0.15) is 17.5 Å². The van der Waals surface area contributed by atoms with Crippen LogP contribution in [0.4, 0.5) is 0 Å². The van der Waals surface area contributed by atoms with Crippen molar-refractivity contribution in [2.45, 2.75) is 20.0 Å². The number of nitrogens with one attached hydrogen (secondary N) is 1. The summed E-state index contributed by atoms with van der Waals surface area (Å²) in [5, 5.41) is 7.97. The van der Waals surface area contributed by atoms with E-state index in [1.807, 2.05) is 31.2 Å². The molecule has 0 atom stereocenters. The Morgan fingerprint density at radius 2 is 1.97 bits per heavy atom. The van der Waals surface area contributed by atoms with Gasteiger partial charge in [-0.3, -0.25) is 14.2 Å². The minimum atomic E-state index is -0.311. The molecule has 0 saturated heterocycles. The van der Waals surface area contributed by atoms with Crippen molar-refractivity contribution in [2.24, 2.45) is 0 Å². The fourth-order valence-corrected chi connectivity index (χ4v) is 3.56. The average Bonchev–Trinajstić information content (AvgIpc) is 3.20. The quantitative estimate of drug-likeness (QED) is 0.466. The topological polar surface area (TPSA) is 91.0 Å². The Morgan fingerprint density at radius 1 is 1.19 bits per heavy atom. The van der Waals surface area contributed by atoms with Crippen LogP contribution in [-0.2, 0) is 13.1 Å². The van der Waals surface area contributed by atoms with Crippen LogP contribution >= 0.6 is 11.6 Å². The van der Waals surface area contributed by atoms with Gasteiger partial charge in [-0.2, -0.15) is 5.10 Å². The number of rotatable bonds is 7. The zero-order chi connectivity index (χ0) is 22.7. The number of nitrogens with zero attached hydrogens (tertiary/aromatic N) is 4. The summed E-state index contributed by atoms with van der Waals surface area (Å²) in [5.74, 6) is 0.126. The Hall–Kier alpha value is -3.65. The highest BCUT2D eigenvalue weighted by Crippen LogP contribution is 2.22. The summed E-state index contributed by atoms with van der Waals surface area (Å²) in [7, 11) is 1.49. The molecular formula is C23H22ClN5O3. The number of carbonyl (C=O) groups is 1. The summed E-state index contributed by atoms with van der Waals surface area (Å²) in [4.78, 5) is 29.8. The first-order valence-electron chi connectivity index (χ1n) is 10.0. The van der Waals surface area contributed by atoms with Gasteiger partial charge in [0.25, 0.3) is 11.5 Å². The van der Waals surface area contributed by atoms with Gasteiger partial charge < -0.3 is 10.1 Å². The van der Waals surface area contributed by atoms with Crippen LogP contribution in [0.1, 0.15) is 21.5 Å². The van der Waals surface area contributed by atoms with E-state index in [-0.39, 0.29) is 11.5 Å². The van der Waals surface area contributed by atoms with Gasteiger partial charge in [-0.05, 0) is 30.7 Å². The average molecular weight is 452 g/mol. The zero-order valence-electron chi connectivity index (χ0n) is 17.7. The van der Waals surface area contributed by atoms with Gasteiger partial charge in [-0.15, -0.1) is 0 Å². The van der Waals surface area contributed by atoms with E-state index in [1.54, 1.807) is 27.4 Å². The van der Waals surface area contributed by atoms with Crippen LogP contribution in [0.5, 0.6) is 5.75 Å². The molecule has 0 fully saturated rings. The number of aryl methyl sites for hydroxylation is 1. The number of halogens is 1. The highest BCUT2D eigenvalue weighted by molar-refractivity contribution is 6.31. The summed E-state index contributed by atoms with van der Waals surface area (Å²) in [5.41, 5.74) is 2.85. The van der Waals surface area contributed by atoms with Crippen LogP contribution in [0.3, 0.4) is 0 Å². The number of benzene rings is 2. The fourth-order valence-electron chi connectivity index (χ4n) is 3.39. The van der Waals surface area contributed by atoms with Crippen molar-refractivity contribution in [3.63, 3.8) is 0 Å². The molecule has 0 spiro atoms. The first-order chi connectivity index (χ1) is 15.5. The molecule has 0 aliphatic rings.